The number of rotatable bonds is 6. The second-order valence-electron chi connectivity index (χ2n) is 6.51. The number of nitrogens with one attached hydrogen (secondary N) is 2. The molecular formula is C16H35IN4. The number of piperidine rings is 1. The molecule has 0 aromatic heterocycles. The second-order valence-corrected chi connectivity index (χ2v) is 6.51. The summed E-state index contributed by atoms with van der Waals surface area (Å²) in [6, 6.07) is 0.464. The summed E-state index contributed by atoms with van der Waals surface area (Å²) in [5.41, 5.74) is 0.151. The van der Waals surface area contributed by atoms with E-state index in [2.05, 4.69) is 50.2 Å². The van der Waals surface area contributed by atoms with E-state index in [4.69, 9.17) is 4.99 Å². The first-order chi connectivity index (χ1) is 9.49. The van der Waals surface area contributed by atoms with Crippen LogP contribution in [0.3, 0.4) is 0 Å². The van der Waals surface area contributed by atoms with E-state index in [-0.39, 0.29) is 29.5 Å². The van der Waals surface area contributed by atoms with Crippen LogP contribution in [0.15, 0.2) is 4.99 Å². The maximum Gasteiger partial charge on any atom is 0.191 e. The summed E-state index contributed by atoms with van der Waals surface area (Å²) in [6.07, 6.45) is 5.16. The van der Waals surface area contributed by atoms with Gasteiger partial charge in [-0.1, -0.05) is 13.3 Å². The zero-order chi connectivity index (χ0) is 15.0. The summed E-state index contributed by atoms with van der Waals surface area (Å²) >= 11 is 0. The molecule has 1 unspecified atom stereocenters. The molecule has 2 N–H and O–H groups in total. The average Bonchev–Trinajstić information content (AvgIpc) is 2.46. The highest BCUT2D eigenvalue weighted by molar-refractivity contribution is 14.0. The Hall–Kier alpha value is -0.0400. The number of halogens is 1. The number of aliphatic imine (C=N–C) groups is 1. The van der Waals surface area contributed by atoms with Crippen molar-refractivity contribution in [1.29, 1.82) is 0 Å². The molecule has 1 aliphatic rings. The zero-order valence-electron chi connectivity index (χ0n) is 14.5. The first kappa shape index (κ1) is 21.0. The molecule has 21 heavy (non-hydrogen) atoms. The van der Waals surface area contributed by atoms with Crippen molar-refractivity contribution in [3.8, 4) is 0 Å². The van der Waals surface area contributed by atoms with E-state index in [9.17, 15) is 0 Å². The van der Waals surface area contributed by atoms with Crippen LogP contribution in [0.1, 0.15) is 60.3 Å². The standard InChI is InChI=1S/C16H34N4.HI/c1-6-14(3)19-15(17-7-2)18-13-16(4,5)20-11-9-8-10-12-20;/h14H,6-13H2,1-5H3,(H2,17,18,19);1H. The normalized spacial score (nSPS) is 18.8. The summed E-state index contributed by atoms with van der Waals surface area (Å²) < 4.78 is 0. The topological polar surface area (TPSA) is 39.7 Å². The lowest BCUT2D eigenvalue weighted by molar-refractivity contribution is 0.102. The summed E-state index contributed by atoms with van der Waals surface area (Å²) in [7, 11) is 0. The largest absolute Gasteiger partial charge is 0.357 e. The van der Waals surface area contributed by atoms with Crippen LogP contribution < -0.4 is 10.6 Å². The third kappa shape index (κ3) is 7.68. The molecule has 0 bridgehead atoms. The minimum absolute atomic E-state index is 0. The van der Waals surface area contributed by atoms with Gasteiger partial charge >= 0.3 is 0 Å². The molecule has 5 heteroatoms. The highest BCUT2D eigenvalue weighted by Crippen LogP contribution is 2.20. The lowest BCUT2D eigenvalue weighted by Crippen LogP contribution is -2.50. The van der Waals surface area contributed by atoms with Crippen LogP contribution in [0.5, 0.6) is 0 Å². The van der Waals surface area contributed by atoms with Gasteiger partial charge in [0.15, 0.2) is 5.96 Å². The summed E-state index contributed by atoms with van der Waals surface area (Å²) in [5, 5.41) is 6.81. The van der Waals surface area contributed by atoms with Crippen LogP contribution in [-0.2, 0) is 0 Å². The molecule has 4 nitrogen and oxygen atoms in total. The summed E-state index contributed by atoms with van der Waals surface area (Å²) in [4.78, 5) is 7.39. The molecule has 0 aromatic carbocycles. The first-order valence-corrected chi connectivity index (χ1v) is 8.29. The Morgan fingerprint density at radius 2 is 1.81 bits per heavy atom. The van der Waals surface area contributed by atoms with Gasteiger partial charge in [-0.15, -0.1) is 24.0 Å². The van der Waals surface area contributed by atoms with Gasteiger partial charge in [0.05, 0.1) is 6.54 Å². The van der Waals surface area contributed by atoms with Gasteiger partial charge in [0, 0.05) is 18.1 Å². The molecule has 0 aromatic rings. The molecule has 1 saturated heterocycles. The van der Waals surface area contributed by atoms with Crippen molar-refractivity contribution >= 4 is 29.9 Å². The van der Waals surface area contributed by atoms with Crippen molar-refractivity contribution in [3.63, 3.8) is 0 Å². The number of likely N-dealkylation sites (tertiary alicyclic amines) is 1. The Morgan fingerprint density at radius 1 is 1.19 bits per heavy atom. The van der Waals surface area contributed by atoms with Crippen molar-refractivity contribution in [2.24, 2.45) is 4.99 Å². The monoisotopic (exact) mass is 410 g/mol. The van der Waals surface area contributed by atoms with E-state index in [1.807, 2.05) is 0 Å². The van der Waals surface area contributed by atoms with Crippen LogP contribution in [-0.4, -0.2) is 48.6 Å². The van der Waals surface area contributed by atoms with Crippen molar-refractivity contribution in [2.45, 2.75) is 71.9 Å². The number of hydrogen-bond acceptors (Lipinski definition) is 2. The molecule has 0 saturated carbocycles. The smallest absolute Gasteiger partial charge is 0.191 e. The minimum atomic E-state index is 0. The van der Waals surface area contributed by atoms with Gasteiger partial charge in [0.25, 0.3) is 0 Å². The SMILES string of the molecule is CCNC(=NCC(C)(C)N1CCCCC1)NC(C)CC.I. The Labute approximate surface area is 148 Å². The maximum atomic E-state index is 4.80. The molecule has 0 amide bonds. The molecule has 1 fully saturated rings. The van der Waals surface area contributed by atoms with E-state index >= 15 is 0 Å². The molecule has 1 rings (SSSR count). The van der Waals surface area contributed by atoms with Crippen LogP contribution in [0.2, 0.25) is 0 Å². The van der Waals surface area contributed by atoms with Gasteiger partial charge in [-0.3, -0.25) is 9.89 Å². The van der Waals surface area contributed by atoms with E-state index < -0.39 is 0 Å². The Morgan fingerprint density at radius 3 is 2.33 bits per heavy atom. The number of guanidine groups is 1. The van der Waals surface area contributed by atoms with E-state index in [1.165, 1.54) is 32.4 Å². The van der Waals surface area contributed by atoms with Crippen molar-refractivity contribution < 1.29 is 0 Å². The van der Waals surface area contributed by atoms with E-state index in [0.29, 0.717) is 6.04 Å². The predicted octanol–water partition coefficient (Wildman–Crippen LogP) is 3.22. The van der Waals surface area contributed by atoms with Gasteiger partial charge in [-0.05, 0) is 60.0 Å². The van der Waals surface area contributed by atoms with Crippen molar-refractivity contribution in [3.05, 3.63) is 0 Å². The first-order valence-electron chi connectivity index (χ1n) is 8.29. The Balaban J connectivity index is 0.00000400. The molecule has 126 valence electrons. The van der Waals surface area contributed by atoms with E-state index in [0.717, 1.165) is 25.5 Å². The summed E-state index contributed by atoms with van der Waals surface area (Å²) in [6.45, 7) is 15.3. The fourth-order valence-electron chi connectivity index (χ4n) is 2.53. The lowest BCUT2D eigenvalue weighted by Gasteiger charge is -2.40. The number of nitrogens with zero attached hydrogens (tertiary/aromatic N) is 2. The maximum absolute atomic E-state index is 4.80. The molecule has 1 atom stereocenters. The van der Waals surface area contributed by atoms with Crippen LogP contribution in [0.25, 0.3) is 0 Å². The van der Waals surface area contributed by atoms with E-state index in [1.54, 1.807) is 0 Å². The fourth-order valence-corrected chi connectivity index (χ4v) is 2.53. The van der Waals surface area contributed by atoms with Crippen molar-refractivity contribution in [2.75, 3.05) is 26.2 Å². The molecule has 0 radical (unpaired) electrons. The molecule has 0 spiro atoms. The van der Waals surface area contributed by atoms with Crippen LogP contribution in [0, 0.1) is 0 Å². The lowest BCUT2D eigenvalue weighted by atomic mass is 9.99. The van der Waals surface area contributed by atoms with Gasteiger partial charge in [0.2, 0.25) is 0 Å². The molecule has 1 aliphatic heterocycles. The van der Waals surface area contributed by atoms with Crippen molar-refractivity contribution in [1.82, 2.24) is 15.5 Å². The third-order valence-corrected chi connectivity index (χ3v) is 4.18. The second kappa shape index (κ2) is 10.6. The third-order valence-electron chi connectivity index (χ3n) is 4.18. The van der Waals surface area contributed by atoms with Gasteiger partial charge in [-0.25, -0.2) is 0 Å². The molecule has 1 heterocycles. The Kier molecular flexibility index (Phi) is 10.6. The zero-order valence-corrected chi connectivity index (χ0v) is 16.9. The minimum Gasteiger partial charge on any atom is -0.357 e. The quantitative estimate of drug-likeness (QED) is 0.401. The fraction of sp³-hybridized carbons (Fsp3) is 0.938. The number of hydrogen-bond donors (Lipinski definition) is 2. The Bertz CT molecular complexity index is 299. The highest BCUT2D eigenvalue weighted by Gasteiger charge is 2.27. The van der Waals surface area contributed by atoms with Crippen LogP contribution in [0.4, 0.5) is 0 Å². The molecule has 0 aliphatic carbocycles. The average molecular weight is 410 g/mol. The van der Waals surface area contributed by atoms with Crippen LogP contribution >= 0.6 is 24.0 Å². The van der Waals surface area contributed by atoms with Gasteiger partial charge < -0.3 is 10.6 Å². The summed E-state index contributed by atoms with van der Waals surface area (Å²) in [5.74, 6) is 0.951. The predicted molar refractivity (Wildman–Crippen MR) is 104 cm³/mol. The van der Waals surface area contributed by atoms with Gasteiger partial charge in [-0.2, -0.15) is 0 Å². The van der Waals surface area contributed by atoms with Gasteiger partial charge in [0.1, 0.15) is 0 Å². The molecular weight excluding hydrogens is 375 g/mol. The highest BCUT2D eigenvalue weighted by atomic mass is 127.